The summed E-state index contributed by atoms with van der Waals surface area (Å²) in [5.74, 6) is -0.214. The van der Waals surface area contributed by atoms with Gasteiger partial charge >= 0.3 is 5.97 Å². The van der Waals surface area contributed by atoms with Gasteiger partial charge in [0.25, 0.3) is 0 Å². The van der Waals surface area contributed by atoms with E-state index in [1.54, 1.807) is 0 Å². The first-order valence-electron chi connectivity index (χ1n) is 5.43. The van der Waals surface area contributed by atoms with E-state index in [9.17, 15) is 4.79 Å². The number of nitrogens with zero attached hydrogens (tertiary/aromatic N) is 1. The van der Waals surface area contributed by atoms with Gasteiger partial charge < -0.3 is 5.11 Å². The number of aromatic amines is 1. The SMILES string of the molecule is O=C(O)Cc1cccc2c(C3CC3)[nH]nc12. The largest absolute Gasteiger partial charge is 0.481 e. The molecule has 0 radical (unpaired) electrons. The van der Waals surface area contributed by atoms with Crippen LogP contribution in [0.5, 0.6) is 0 Å². The van der Waals surface area contributed by atoms with Crippen molar-refractivity contribution in [3.63, 3.8) is 0 Å². The summed E-state index contributed by atoms with van der Waals surface area (Å²) in [6.45, 7) is 0. The summed E-state index contributed by atoms with van der Waals surface area (Å²) in [7, 11) is 0. The third kappa shape index (κ3) is 1.46. The lowest BCUT2D eigenvalue weighted by atomic mass is 10.1. The zero-order valence-electron chi connectivity index (χ0n) is 8.73. The maximum atomic E-state index is 10.7. The predicted molar refractivity (Wildman–Crippen MR) is 59.4 cm³/mol. The fraction of sp³-hybridized carbons (Fsp3) is 0.333. The van der Waals surface area contributed by atoms with E-state index in [-0.39, 0.29) is 6.42 Å². The van der Waals surface area contributed by atoms with Crippen molar-refractivity contribution in [1.29, 1.82) is 0 Å². The molecule has 0 aliphatic heterocycles. The van der Waals surface area contributed by atoms with Gasteiger partial charge in [0.15, 0.2) is 0 Å². The first-order valence-corrected chi connectivity index (χ1v) is 5.43. The van der Waals surface area contributed by atoms with Crippen molar-refractivity contribution in [1.82, 2.24) is 10.2 Å². The van der Waals surface area contributed by atoms with E-state index < -0.39 is 5.97 Å². The molecule has 0 atom stereocenters. The van der Waals surface area contributed by atoms with Gasteiger partial charge in [-0.3, -0.25) is 9.89 Å². The van der Waals surface area contributed by atoms with Gasteiger partial charge in [-0.2, -0.15) is 5.10 Å². The molecule has 1 aromatic carbocycles. The molecule has 0 bridgehead atoms. The fourth-order valence-corrected chi connectivity index (χ4v) is 2.11. The predicted octanol–water partition coefficient (Wildman–Crippen LogP) is 2.07. The third-order valence-corrected chi connectivity index (χ3v) is 3.03. The standard InChI is InChI=1S/C12H12N2O2/c15-10(16)6-8-2-1-3-9-11(7-4-5-7)13-14-12(8)9/h1-3,7H,4-6H2,(H,13,14)(H,15,16). The molecular weight excluding hydrogens is 204 g/mol. The number of carboxylic acid groups (broad SMARTS) is 1. The van der Waals surface area contributed by atoms with Gasteiger partial charge in [-0.1, -0.05) is 18.2 Å². The number of carboxylic acids is 1. The number of fused-ring (bicyclic) bond motifs is 1. The van der Waals surface area contributed by atoms with Crippen molar-refractivity contribution >= 4 is 16.9 Å². The molecule has 0 unspecified atom stereocenters. The molecule has 16 heavy (non-hydrogen) atoms. The van der Waals surface area contributed by atoms with Gasteiger partial charge in [0, 0.05) is 17.0 Å². The van der Waals surface area contributed by atoms with Crippen LogP contribution in [0.25, 0.3) is 10.9 Å². The van der Waals surface area contributed by atoms with Crippen molar-refractivity contribution < 1.29 is 9.90 Å². The van der Waals surface area contributed by atoms with E-state index in [0.29, 0.717) is 5.92 Å². The highest BCUT2D eigenvalue weighted by atomic mass is 16.4. The molecule has 1 aromatic heterocycles. The Hall–Kier alpha value is -1.84. The number of rotatable bonds is 3. The maximum absolute atomic E-state index is 10.7. The lowest BCUT2D eigenvalue weighted by molar-refractivity contribution is -0.136. The Labute approximate surface area is 92.3 Å². The third-order valence-electron chi connectivity index (χ3n) is 3.03. The molecule has 1 heterocycles. The van der Waals surface area contributed by atoms with Crippen molar-refractivity contribution in [3.8, 4) is 0 Å². The summed E-state index contributed by atoms with van der Waals surface area (Å²) < 4.78 is 0. The van der Waals surface area contributed by atoms with Gasteiger partial charge in [-0.25, -0.2) is 0 Å². The second-order valence-corrected chi connectivity index (χ2v) is 4.30. The minimum absolute atomic E-state index is 0.0340. The Kier molecular flexibility index (Phi) is 1.96. The minimum Gasteiger partial charge on any atom is -0.481 e. The van der Waals surface area contributed by atoms with Crippen molar-refractivity contribution in [2.24, 2.45) is 0 Å². The van der Waals surface area contributed by atoms with Crippen molar-refractivity contribution in [2.45, 2.75) is 25.2 Å². The smallest absolute Gasteiger partial charge is 0.307 e. The van der Waals surface area contributed by atoms with Crippen LogP contribution >= 0.6 is 0 Å². The lowest BCUT2D eigenvalue weighted by Crippen LogP contribution is -2.00. The van der Waals surface area contributed by atoms with Crippen LogP contribution in [0, 0.1) is 0 Å². The first kappa shape index (κ1) is 9.39. The van der Waals surface area contributed by atoms with Gasteiger partial charge in [-0.15, -0.1) is 0 Å². The second-order valence-electron chi connectivity index (χ2n) is 4.30. The molecule has 1 aliphatic carbocycles. The topological polar surface area (TPSA) is 66.0 Å². The average Bonchev–Trinajstić information content (AvgIpc) is 2.98. The number of hydrogen-bond donors (Lipinski definition) is 2. The van der Waals surface area contributed by atoms with Crippen LogP contribution < -0.4 is 0 Å². The van der Waals surface area contributed by atoms with Crippen LogP contribution in [0.15, 0.2) is 18.2 Å². The summed E-state index contributed by atoms with van der Waals surface area (Å²) in [6.07, 6.45) is 2.45. The Morgan fingerprint density at radius 3 is 3.00 bits per heavy atom. The average molecular weight is 216 g/mol. The zero-order valence-corrected chi connectivity index (χ0v) is 8.73. The van der Waals surface area contributed by atoms with Crippen LogP contribution in [0.1, 0.15) is 30.0 Å². The van der Waals surface area contributed by atoms with E-state index >= 15 is 0 Å². The molecule has 0 spiro atoms. The molecule has 1 aliphatic rings. The summed E-state index contributed by atoms with van der Waals surface area (Å²) in [4.78, 5) is 10.7. The van der Waals surface area contributed by atoms with Crippen LogP contribution in [-0.4, -0.2) is 21.3 Å². The number of H-pyrrole nitrogens is 1. The number of aromatic nitrogens is 2. The molecule has 1 saturated carbocycles. The number of nitrogens with one attached hydrogen (secondary N) is 1. The maximum Gasteiger partial charge on any atom is 0.307 e. The Bertz CT molecular complexity index is 555. The Morgan fingerprint density at radius 1 is 1.50 bits per heavy atom. The fourth-order valence-electron chi connectivity index (χ4n) is 2.11. The summed E-state index contributed by atoms with van der Waals surface area (Å²) in [5.41, 5.74) is 2.77. The Morgan fingerprint density at radius 2 is 2.31 bits per heavy atom. The molecule has 1 fully saturated rings. The monoisotopic (exact) mass is 216 g/mol. The highest BCUT2D eigenvalue weighted by Crippen LogP contribution is 2.42. The van der Waals surface area contributed by atoms with E-state index in [2.05, 4.69) is 10.2 Å². The van der Waals surface area contributed by atoms with Gasteiger partial charge in [0.2, 0.25) is 0 Å². The van der Waals surface area contributed by atoms with Gasteiger partial charge in [0.1, 0.15) is 0 Å². The van der Waals surface area contributed by atoms with E-state index in [1.807, 2.05) is 18.2 Å². The number of carbonyl (C=O) groups is 1. The van der Waals surface area contributed by atoms with Crippen LogP contribution in [0.4, 0.5) is 0 Å². The lowest BCUT2D eigenvalue weighted by Gasteiger charge is -1.98. The number of hydrogen-bond acceptors (Lipinski definition) is 2. The number of aliphatic carboxylic acids is 1. The van der Waals surface area contributed by atoms with E-state index in [4.69, 9.17) is 5.11 Å². The minimum atomic E-state index is -0.816. The Balaban J connectivity index is 2.12. The zero-order chi connectivity index (χ0) is 11.1. The van der Waals surface area contributed by atoms with Gasteiger partial charge in [0.05, 0.1) is 11.9 Å². The number of para-hydroxylation sites is 1. The summed E-state index contributed by atoms with van der Waals surface area (Å²) in [5, 5.41) is 17.2. The first-order chi connectivity index (χ1) is 7.75. The highest BCUT2D eigenvalue weighted by molar-refractivity contribution is 5.87. The van der Waals surface area contributed by atoms with Crippen LogP contribution in [0.3, 0.4) is 0 Å². The molecular formula is C12H12N2O2. The van der Waals surface area contributed by atoms with Crippen molar-refractivity contribution in [3.05, 3.63) is 29.5 Å². The molecule has 0 amide bonds. The summed E-state index contributed by atoms with van der Waals surface area (Å²) in [6, 6.07) is 5.74. The number of benzene rings is 1. The quantitative estimate of drug-likeness (QED) is 0.825. The normalized spacial score (nSPS) is 15.5. The molecule has 3 rings (SSSR count). The molecule has 4 heteroatoms. The molecule has 2 aromatic rings. The van der Waals surface area contributed by atoms with E-state index in [1.165, 1.54) is 18.5 Å². The van der Waals surface area contributed by atoms with Crippen molar-refractivity contribution in [2.75, 3.05) is 0 Å². The van der Waals surface area contributed by atoms with Crippen LogP contribution in [0.2, 0.25) is 0 Å². The molecule has 4 nitrogen and oxygen atoms in total. The van der Waals surface area contributed by atoms with E-state index in [0.717, 1.165) is 16.5 Å². The molecule has 0 saturated heterocycles. The van der Waals surface area contributed by atoms with Crippen LogP contribution in [-0.2, 0) is 11.2 Å². The molecule has 82 valence electrons. The van der Waals surface area contributed by atoms with Gasteiger partial charge in [-0.05, 0) is 18.4 Å². The second kappa shape index (κ2) is 3.33. The highest BCUT2D eigenvalue weighted by Gasteiger charge is 2.27. The summed E-state index contributed by atoms with van der Waals surface area (Å²) >= 11 is 0. The molecule has 2 N–H and O–H groups in total.